The van der Waals surface area contributed by atoms with Crippen molar-refractivity contribution in [1.82, 2.24) is 10.6 Å². The predicted molar refractivity (Wildman–Crippen MR) is 186 cm³/mol. The van der Waals surface area contributed by atoms with E-state index in [4.69, 9.17) is 34.2 Å². The first kappa shape index (κ1) is 49.6. The second-order valence-electron chi connectivity index (χ2n) is 14.7. The fourth-order valence-electron chi connectivity index (χ4n) is 7.33. The normalized spacial score (nSPS) is 38.8. The average Bonchev–Trinajstić information content (AvgIpc) is 3.17. The summed E-state index contributed by atoms with van der Waals surface area (Å²) in [5.41, 5.74) is 4.04. The van der Waals surface area contributed by atoms with Crippen molar-refractivity contribution in [2.24, 2.45) is 5.73 Å². The third kappa shape index (κ3) is 10.2. The zero-order valence-electron chi connectivity index (χ0n) is 32.1. The van der Waals surface area contributed by atoms with Crippen molar-refractivity contribution in [2.45, 2.75) is 148 Å². The van der Waals surface area contributed by atoms with Gasteiger partial charge in [0.25, 0.3) is 11.6 Å². The number of rotatable bonds is 20. The van der Waals surface area contributed by atoms with E-state index in [2.05, 4.69) is 10.6 Å². The van der Waals surface area contributed by atoms with Crippen LogP contribution in [0.2, 0.25) is 0 Å². The van der Waals surface area contributed by atoms with E-state index in [0.29, 0.717) is 0 Å². The van der Waals surface area contributed by atoms with Gasteiger partial charge in [0.05, 0.1) is 56.3 Å². The molecule has 0 aromatic heterocycles. The van der Waals surface area contributed by atoms with Gasteiger partial charge in [0.1, 0.15) is 54.9 Å². The maximum Gasteiger partial charge on any atom is 0.364 e. The number of methoxy groups -OCH3 is 1. The van der Waals surface area contributed by atoms with Gasteiger partial charge in [-0.3, -0.25) is 4.79 Å². The topological polar surface area (TPSA) is 417 Å². The van der Waals surface area contributed by atoms with E-state index in [1.165, 1.54) is 14.0 Å². The molecule has 0 aromatic carbocycles. The van der Waals surface area contributed by atoms with Crippen LogP contribution in [0.4, 0.5) is 0 Å². The van der Waals surface area contributed by atoms with Crippen molar-refractivity contribution < 1.29 is 109 Å². The second-order valence-corrected chi connectivity index (χ2v) is 14.7. The van der Waals surface area contributed by atoms with E-state index in [-0.39, 0.29) is 6.42 Å². The summed E-state index contributed by atoms with van der Waals surface area (Å²) >= 11 is 0. The number of carboxylic acid groups (broad SMARTS) is 3. The van der Waals surface area contributed by atoms with E-state index in [9.17, 15) is 80.5 Å². The van der Waals surface area contributed by atoms with Gasteiger partial charge >= 0.3 is 17.9 Å². The number of carbonyl (C=O) groups excluding carboxylic acids is 1. The number of amides is 1. The summed E-state index contributed by atoms with van der Waals surface area (Å²) in [7, 11) is 2.42. The lowest BCUT2D eigenvalue weighted by Gasteiger charge is -2.50. The largest absolute Gasteiger partial charge is 0.479 e. The van der Waals surface area contributed by atoms with Gasteiger partial charge in [0.2, 0.25) is 5.91 Å². The number of nitrogens with two attached hydrogens (primary N) is 1. The quantitative estimate of drug-likeness (QED) is 0.0541. The zero-order valence-corrected chi connectivity index (χ0v) is 32.1. The molecule has 1 amide bonds. The molecule has 0 aromatic rings. The van der Waals surface area contributed by atoms with Crippen molar-refractivity contribution >= 4 is 23.8 Å². The van der Waals surface area contributed by atoms with E-state index in [0.717, 1.165) is 14.0 Å². The van der Waals surface area contributed by atoms with Crippen LogP contribution in [0.25, 0.3) is 0 Å². The smallest absolute Gasteiger partial charge is 0.364 e. The summed E-state index contributed by atoms with van der Waals surface area (Å²) in [6.45, 7) is -0.809. The zero-order chi connectivity index (χ0) is 44.1. The molecular weight excluding hydrogens is 790 g/mol. The minimum atomic E-state index is -3.12. The lowest BCUT2D eigenvalue weighted by atomic mass is 9.84. The highest BCUT2D eigenvalue weighted by Crippen LogP contribution is 2.39. The molecule has 0 aliphatic carbocycles. The number of aliphatic hydroxyl groups is 9. The number of likely N-dealkylation sites (N-methyl/N-ethyl adjacent to an activating group) is 1. The second kappa shape index (κ2) is 20.2. The first-order chi connectivity index (χ1) is 27.1. The standard InChI is InChI=1S/C33H57N3O22/c1-5-18(43)36-21-14(42)8-33(30(51)52,58-27(21)22(44)15(9-37)53-4)54-16(10-38)23(45)25-19(34)12(40)7-32(57-25,29(49)50)55-17(11-39)24(46)26-20(35-3)13(41)6-31(2,56-26)28(47)48/h12-17,19-27,35,37-42,44-46H,5-11,34H2,1-4H3,(H,36,43)(H,47,48)(H,49,50)(H,51,52)/t12?,13?,14?,15-,16-,17-,19?,20?,21?,22-,23-,24-,25?,26?,27?,31?,32?,33?/m1/s1. The Hall–Kier alpha value is -2.80. The Labute approximate surface area is 331 Å². The molecular formula is C33H57N3O22. The Morgan fingerprint density at radius 3 is 1.57 bits per heavy atom. The van der Waals surface area contributed by atoms with Crippen LogP contribution in [0.1, 0.15) is 39.5 Å². The molecule has 16 N–H and O–H groups in total. The lowest BCUT2D eigenvalue weighted by Crippen LogP contribution is -2.70. The van der Waals surface area contributed by atoms with E-state index in [1.807, 2.05) is 0 Å². The summed E-state index contributed by atoms with van der Waals surface area (Å²) in [5.74, 6) is -12.4. The van der Waals surface area contributed by atoms with Crippen molar-refractivity contribution in [3.63, 3.8) is 0 Å². The van der Waals surface area contributed by atoms with Crippen LogP contribution < -0.4 is 16.4 Å². The lowest BCUT2D eigenvalue weighted by molar-refractivity contribution is -0.353. The van der Waals surface area contributed by atoms with E-state index in [1.54, 1.807) is 0 Å². The number of hydrogen-bond donors (Lipinski definition) is 15. The molecule has 0 saturated carbocycles. The maximum absolute atomic E-state index is 12.9. The highest BCUT2D eigenvalue weighted by molar-refractivity contribution is 5.78. The van der Waals surface area contributed by atoms with Gasteiger partial charge in [0, 0.05) is 32.8 Å². The fourth-order valence-corrected chi connectivity index (χ4v) is 7.33. The Morgan fingerprint density at radius 2 is 1.14 bits per heavy atom. The number of ether oxygens (including phenoxy) is 6. The SMILES string of the molecule is CCC(=O)NC1C(O)CC(O[C@H](CO)[C@@H](O)C2OC(O[C@H](CO)[C@@H](O)C3OC(C)(C(=O)O)CC(O)C3NC)(C(=O)O)CC(O)C2N)(C(=O)O)OC1[C@H](O)[C@@H](CO)OC. The molecule has 58 heavy (non-hydrogen) atoms. The molecule has 3 rings (SSSR count). The number of carboxylic acids is 3. The van der Waals surface area contributed by atoms with Gasteiger partial charge in [-0.25, -0.2) is 14.4 Å². The van der Waals surface area contributed by atoms with Crippen LogP contribution in [0, 0.1) is 0 Å². The van der Waals surface area contributed by atoms with Crippen molar-refractivity contribution in [3.05, 3.63) is 0 Å². The molecule has 0 radical (unpaired) electrons. The van der Waals surface area contributed by atoms with Gasteiger partial charge in [-0.1, -0.05) is 6.92 Å². The molecule has 3 fully saturated rings. The van der Waals surface area contributed by atoms with Crippen molar-refractivity contribution in [1.29, 1.82) is 0 Å². The molecule has 3 saturated heterocycles. The molecule has 336 valence electrons. The minimum Gasteiger partial charge on any atom is -0.479 e. The first-order valence-corrected chi connectivity index (χ1v) is 18.3. The minimum absolute atomic E-state index is 0.121. The molecule has 0 spiro atoms. The fraction of sp³-hybridized carbons (Fsp3) is 0.879. The number of hydrogen-bond acceptors (Lipinski definition) is 21. The molecule has 25 heteroatoms. The number of carbonyl (C=O) groups is 4. The van der Waals surface area contributed by atoms with Crippen LogP contribution in [-0.2, 0) is 47.6 Å². The van der Waals surface area contributed by atoms with Gasteiger partial charge < -0.3 is 106 Å². The third-order valence-corrected chi connectivity index (χ3v) is 10.7. The highest BCUT2D eigenvalue weighted by atomic mass is 16.8. The van der Waals surface area contributed by atoms with E-state index < -0.39 is 171 Å². The van der Waals surface area contributed by atoms with Crippen LogP contribution >= 0.6 is 0 Å². The summed E-state index contributed by atoms with van der Waals surface area (Å²) < 4.78 is 33.2. The first-order valence-electron chi connectivity index (χ1n) is 18.3. The Balaban J connectivity index is 1.99. The molecule has 18 atom stereocenters. The van der Waals surface area contributed by atoms with Gasteiger partial charge in [-0.15, -0.1) is 0 Å². The van der Waals surface area contributed by atoms with Crippen LogP contribution in [0.15, 0.2) is 0 Å². The Bertz CT molecular complexity index is 1410. The van der Waals surface area contributed by atoms with Crippen LogP contribution in [-0.4, -0.2) is 228 Å². The van der Waals surface area contributed by atoms with Crippen molar-refractivity contribution in [3.8, 4) is 0 Å². The predicted octanol–water partition coefficient (Wildman–Crippen LogP) is -7.50. The van der Waals surface area contributed by atoms with Gasteiger partial charge in [-0.05, 0) is 14.0 Å². The van der Waals surface area contributed by atoms with Gasteiger partial charge in [0.15, 0.2) is 5.60 Å². The number of aliphatic carboxylic acids is 3. The van der Waals surface area contributed by atoms with Crippen LogP contribution in [0.5, 0.6) is 0 Å². The molecule has 25 nitrogen and oxygen atoms in total. The summed E-state index contributed by atoms with van der Waals surface area (Å²) in [6, 6.07) is -4.48. The Morgan fingerprint density at radius 1 is 0.707 bits per heavy atom. The molecule has 3 aliphatic rings. The monoisotopic (exact) mass is 847 g/mol. The molecule has 0 bridgehead atoms. The summed E-state index contributed by atoms with van der Waals surface area (Å²) in [4.78, 5) is 50.0. The average molecular weight is 848 g/mol. The van der Waals surface area contributed by atoms with Crippen LogP contribution in [0.3, 0.4) is 0 Å². The highest BCUT2D eigenvalue weighted by Gasteiger charge is 2.61. The maximum atomic E-state index is 12.9. The van der Waals surface area contributed by atoms with Gasteiger partial charge in [-0.2, -0.15) is 0 Å². The van der Waals surface area contributed by atoms with Crippen molar-refractivity contribution in [2.75, 3.05) is 34.0 Å². The van der Waals surface area contributed by atoms with E-state index >= 15 is 0 Å². The number of nitrogens with one attached hydrogen (secondary N) is 2. The third-order valence-electron chi connectivity index (χ3n) is 10.7. The number of aliphatic hydroxyl groups excluding tert-OH is 9. The Kier molecular flexibility index (Phi) is 17.2. The summed E-state index contributed by atoms with van der Waals surface area (Å²) in [5, 5.41) is 133. The molecule has 3 heterocycles. The molecule has 12 unspecified atom stereocenters. The molecule has 3 aliphatic heterocycles. The summed E-state index contributed by atoms with van der Waals surface area (Å²) in [6.07, 6.45) is -25.9.